The topological polar surface area (TPSA) is 71.7 Å². The molecule has 2 rings (SSSR count). The Bertz CT molecular complexity index is 533. The summed E-state index contributed by atoms with van der Waals surface area (Å²) in [5, 5.41) is 10.9. The van der Waals surface area contributed by atoms with E-state index in [4.69, 9.17) is 9.26 Å². The van der Waals surface area contributed by atoms with Crippen LogP contribution in [-0.2, 0) is 11.3 Å². The second-order valence-corrected chi connectivity index (χ2v) is 8.38. The van der Waals surface area contributed by atoms with Gasteiger partial charge in [-0.15, -0.1) is 0 Å². The zero-order chi connectivity index (χ0) is 18.1. The van der Waals surface area contributed by atoms with Gasteiger partial charge in [0, 0.05) is 37.1 Å². The number of nitrogens with one attached hydrogen (secondary N) is 2. The van der Waals surface area contributed by atoms with Gasteiger partial charge in [-0.3, -0.25) is 0 Å². The summed E-state index contributed by atoms with van der Waals surface area (Å²) >= 11 is 2.03. The number of rotatable bonds is 8. The summed E-state index contributed by atoms with van der Waals surface area (Å²) in [6.07, 6.45) is 2.16. The van der Waals surface area contributed by atoms with Crippen molar-refractivity contribution < 1.29 is 9.26 Å². The SMILES string of the molecule is CCNC(=NCc1cc(C(C)C)no1)NCC1(SCC)CCOCC1. The van der Waals surface area contributed by atoms with Crippen LogP contribution in [-0.4, -0.2) is 47.9 Å². The van der Waals surface area contributed by atoms with Gasteiger partial charge >= 0.3 is 0 Å². The molecule has 0 unspecified atom stereocenters. The van der Waals surface area contributed by atoms with E-state index in [1.807, 2.05) is 17.8 Å². The minimum atomic E-state index is 0.236. The first kappa shape index (κ1) is 20.1. The lowest BCUT2D eigenvalue weighted by molar-refractivity contribution is 0.0782. The Kier molecular flexibility index (Phi) is 8.09. The van der Waals surface area contributed by atoms with E-state index in [1.54, 1.807) is 0 Å². The maximum absolute atomic E-state index is 5.55. The van der Waals surface area contributed by atoms with Gasteiger partial charge in [-0.25, -0.2) is 4.99 Å². The number of nitrogens with zero attached hydrogens (tertiary/aromatic N) is 2. The monoisotopic (exact) mass is 368 g/mol. The van der Waals surface area contributed by atoms with Gasteiger partial charge in [0.25, 0.3) is 0 Å². The van der Waals surface area contributed by atoms with E-state index in [0.29, 0.717) is 12.5 Å². The van der Waals surface area contributed by atoms with E-state index in [0.717, 1.165) is 62.3 Å². The van der Waals surface area contributed by atoms with E-state index in [-0.39, 0.29) is 4.75 Å². The molecule has 0 saturated carbocycles. The first-order valence-corrected chi connectivity index (χ1v) is 10.3. The Morgan fingerprint density at radius 2 is 2.08 bits per heavy atom. The molecule has 1 aromatic heterocycles. The van der Waals surface area contributed by atoms with Crippen LogP contribution in [0, 0.1) is 0 Å². The summed E-state index contributed by atoms with van der Waals surface area (Å²) < 4.78 is 11.2. The average molecular weight is 369 g/mol. The summed E-state index contributed by atoms with van der Waals surface area (Å²) in [6, 6.07) is 1.99. The van der Waals surface area contributed by atoms with Gasteiger partial charge in [0.15, 0.2) is 11.7 Å². The fraction of sp³-hybridized carbons (Fsp3) is 0.778. The maximum Gasteiger partial charge on any atom is 0.191 e. The standard InChI is InChI=1S/C18H32N4O2S/c1-5-19-17(20-12-15-11-16(14(3)4)22-24-15)21-13-18(25-6-2)7-9-23-10-8-18/h11,14H,5-10,12-13H2,1-4H3,(H2,19,20,21). The molecule has 7 heteroatoms. The Balaban J connectivity index is 1.96. The number of guanidine groups is 1. The minimum absolute atomic E-state index is 0.236. The molecule has 2 N–H and O–H groups in total. The molecule has 2 heterocycles. The molecule has 0 radical (unpaired) electrons. The molecule has 1 fully saturated rings. The minimum Gasteiger partial charge on any atom is -0.381 e. The van der Waals surface area contributed by atoms with Gasteiger partial charge in [-0.1, -0.05) is 25.9 Å². The highest BCUT2D eigenvalue weighted by molar-refractivity contribution is 8.00. The number of aliphatic imine (C=N–C) groups is 1. The number of hydrogen-bond donors (Lipinski definition) is 2. The van der Waals surface area contributed by atoms with Crippen LogP contribution in [0.15, 0.2) is 15.6 Å². The normalized spacial score (nSPS) is 17.7. The number of aromatic nitrogens is 1. The van der Waals surface area contributed by atoms with Gasteiger partial charge in [0.1, 0.15) is 6.54 Å². The first-order valence-electron chi connectivity index (χ1n) is 9.28. The van der Waals surface area contributed by atoms with Crippen molar-refractivity contribution in [1.29, 1.82) is 0 Å². The second kappa shape index (κ2) is 10.1. The quantitative estimate of drug-likeness (QED) is 0.542. The van der Waals surface area contributed by atoms with Crippen LogP contribution >= 0.6 is 11.8 Å². The zero-order valence-electron chi connectivity index (χ0n) is 15.9. The molecule has 0 spiro atoms. The summed E-state index contributed by atoms with van der Waals surface area (Å²) in [6.45, 7) is 12.4. The van der Waals surface area contributed by atoms with Crippen molar-refractivity contribution in [3.63, 3.8) is 0 Å². The molecule has 25 heavy (non-hydrogen) atoms. The van der Waals surface area contributed by atoms with Gasteiger partial charge in [0.05, 0.1) is 5.69 Å². The van der Waals surface area contributed by atoms with Crippen LogP contribution in [0.3, 0.4) is 0 Å². The third-order valence-corrected chi connectivity index (χ3v) is 5.79. The Morgan fingerprint density at radius 3 is 2.68 bits per heavy atom. The number of thioether (sulfide) groups is 1. The van der Waals surface area contributed by atoms with Crippen LogP contribution < -0.4 is 10.6 Å². The second-order valence-electron chi connectivity index (χ2n) is 6.65. The summed E-state index contributed by atoms with van der Waals surface area (Å²) in [5.74, 6) is 3.11. The van der Waals surface area contributed by atoms with E-state index < -0.39 is 0 Å². The van der Waals surface area contributed by atoms with E-state index >= 15 is 0 Å². The molecule has 0 atom stereocenters. The summed E-state index contributed by atoms with van der Waals surface area (Å²) in [7, 11) is 0. The van der Waals surface area contributed by atoms with E-state index in [1.165, 1.54) is 0 Å². The highest BCUT2D eigenvalue weighted by Gasteiger charge is 2.32. The van der Waals surface area contributed by atoms with Crippen LogP contribution in [0.25, 0.3) is 0 Å². The lowest BCUT2D eigenvalue weighted by Gasteiger charge is -2.37. The van der Waals surface area contributed by atoms with Gasteiger partial charge < -0.3 is 19.9 Å². The van der Waals surface area contributed by atoms with Crippen molar-refractivity contribution in [3.05, 3.63) is 17.5 Å². The fourth-order valence-corrected chi connectivity index (χ4v) is 4.08. The van der Waals surface area contributed by atoms with Gasteiger partial charge in [-0.2, -0.15) is 11.8 Å². The van der Waals surface area contributed by atoms with Crippen LogP contribution in [0.4, 0.5) is 0 Å². The summed E-state index contributed by atoms with van der Waals surface area (Å²) in [5.41, 5.74) is 0.976. The van der Waals surface area contributed by atoms with Crippen molar-refractivity contribution in [2.45, 2.75) is 57.7 Å². The maximum atomic E-state index is 5.55. The number of hydrogen-bond acceptors (Lipinski definition) is 5. The van der Waals surface area contributed by atoms with E-state index in [2.05, 4.69) is 48.5 Å². The molecule has 0 amide bonds. The lowest BCUT2D eigenvalue weighted by atomic mass is 9.99. The zero-order valence-corrected chi connectivity index (χ0v) is 16.7. The molecule has 0 aliphatic carbocycles. The van der Waals surface area contributed by atoms with Crippen LogP contribution in [0.5, 0.6) is 0 Å². The van der Waals surface area contributed by atoms with Crippen LogP contribution in [0.1, 0.15) is 57.9 Å². The van der Waals surface area contributed by atoms with Crippen molar-refractivity contribution in [2.24, 2.45) is 4.99 Å². The number of ether oxygens (including phenoxy) is 1. The molecule has 6 nitrogen and oxygen atoms in total. The van der Waals surface area contributed by atoms with Crippen LogP contribution in [0.2, 0.25) is 0 Å². The third-order valence-electron chi connectivity index (χ3n) is 4.34. The molecule has 0 aromatic carbocycles. The molecule has 142 valence electrons. The average Bonchev–Trinajstić information content (AvgIpc) is 3.08. The smallest absolute Gasteiger partial charge is 0.191 e. The molecule has 1 aromatic rings. The van der Waals surface area contributed by atoms with Gasteiger partial charge in [-0.05, 0) is 31.4 Å². The Hall–Kier alpha value is -1.21. The predicted octanol–water partition coefficient (Wildman–Crippen LogP) is 3.16. The first-order chi connectivity index (χ1) is 12.1. The predicted molar refractivity (Wildman–Crippen MR) is 104 cm³/mol. The molecule has 1 aliphatic rings. The van der Waals surface area contributed by atoms with Crippen molar-refractivity contribution in [2.75, 3.05) is 32.1 Å². The van der Waals surface area contributed by atoms with Crippen molar-refractivity contribution in [1.82, 2.24) is 15.8 Å². The third kappa shape index (κ3) is 6.22. The Labute approximate surface area is 155 Å². The molecular weight excluding hydrogens is 336 g/mol. The molecule has 1 saturated heterocycles. The van der Waals surface area contributed by atoms with E-state index in [9.17, 15) is 0 Å². The van der Waals surface area contributed by atoms with Crippen molar-refractivity contribution in [3.8, 4) is 0 Å². The summed E-state index contributed by atoms with van der Waals surface area (Å²) in [4.78, 5) is 4.65. The lowest BCUT2D eigenvalue weighted by Crippen LogP contribution is -2.48. The molecular formula is C18H32N4O2S. The fourth-order valence-electron chi connectivity index (χ4n) is 2.84. The Morgan fingerprint density at radius 1 is 1.32 bits per heavy atom. The van der Waals surface area contributed by atoms with Crippen molar-refractivity contribution >= 4 is 17.7 Å². The molecule has 1 aliphatic heterocycles. The molecule has 0 bridgehead atoms. The van der Waals surface area contributed by atoms with Gasteiger partial charge in [0.2, 0.25) is 0 Å². The highest BCUT2D eigenvalue weighted by Crippen LogP contribution is 2.34. The largest absolute Gasteiger partial charge is 0.381 e. The highest BCUT2D eigenvalue weighted by atomic mass is 32.2.